The van der Waals surface area contributed by atoms with E-state index in [-0.39, 0.29) is 17.3 Å². The number of methoxy groups -OCH3 is 2. The van der Waals surface area contributed by atoms with Gasteiger partial charge in [-0.2, -0.15) is 0 Å². The van der Waals surface area contributed by atoms with Gasteiger partial charge in [0.1, 0.15) is 6.11 Å². The van der Waals surface area contributed by atoms with Crippen LogP contribution in [-0.2, 0) is 14.2 Å². The fourth-order valence-corrected chi connectivity index (χ4v) is 6.74. The summed E-state index contributed by atoms with van der Waals surface area (Å²) in [4.78, 5) is 0. The number of ether oxygens (including phenoxy) is 3. The maximum absolute atomic E-state index is 10.5. The lowest BCUT2D eigenvalue weighted by molar-refractivity contribution is -0.250. The Kier molecular flexibility index (Phi) is 13.1. The Bertz CT molecular complexity index is 624. The first-order valence-electron chi connectivity index (χ1n) is 13.4. The summed E-state index contributed by atoms with van der Waals surface area (Å²) in [5, 5.41) is 10.5. The molecule has 0 radical (unpaired) electrons. The normalized spacial score (nSPS) is 38.1. The van der Waals surface area contributed by atoms with E-state index >= 15 is 0 Å². The summed E-state index contributed by atoms with van der Waals surface area (Å²) in [6.45, 7) is 13.4. The van der Waals surface area contributed by atoms with Crippen LogP contribution in [0.1, 0.15) is 99.3 Å². The topological polar surface area (TPSA) is 47.9 Å². The van der Waals surface area contributed by atoms with Crippen LogP contribution in [0.2, 0.25) is 0 Å². The van der Waals surface area contributed by atoms with Crippen LogP contribution in [0.4, 0.5) is 0 Å². The summed E-state index contributed by atoms with van der Waals surface area (Å²) in [6.07, 6.45) is 19.4. The first-order chi connectivity index (χ1) is 15.9. The van der Waals surface area contributed by atoms with Gasteiger partial charge in [-0.15, -0.1) is 0 Å². The summed E-state index contributed by atoms with van der Waals surface area (Å²) in [5.74, 6) is 2.53. The summed E-state index contributed by atoms with van der Waals surface area (Å²) in [5.41, 5.74) is 1.88. The minimum absolute atomic E-state index is 0.0940. The van der Waals surface area contributed by atoms with Crippen molar-refractivity contribution >= 4 is 0 Å². The highest BCUT2D eigenvalue weighted by atomic mass is 16.7. The molecule has 0 aromatic carbocycles. The molecule has 0 saturated heterocycles. The van der Waals surface area contributed by atoms with Crippen molar-refractivity contribution < 1.29 is 19.3 Å². The van der Waals surface area contributed by atoms with E-state index in [1.165, 1.54) is 39.2 Å². The molecule has 0 bridgehead atoms. The van der Waals surface area contributed by atoms with Gasteiger partial charge in [0.05, 0.1) is 13.2 Å². The van der Waals surface area contributed by atoms with Gasteiger partial charge in [-0.3, -0.25) is 0 Å². The quantitative estimate of drug-likeness (QED) is 0.278. The number of hydrogen-bond acceptors (Lipinski definition) is 4. The standard InChI is InChI=1S/C21H34O3.C3H4O.C3H8.C2H6/c1-4-24-21(23-3)12-10-15-14(13-21)5-6-17-16(15)9-11-20(2)18(17)7-8-19(20)22;1-3-4-2;1-3-2;1-2/h9,14-15,17-19,22H,4-8,10-13H2,1-3H3;1H,2H3;3H2,1-2H3;1-2H3. The molecule has 0 amide bonds. The zero-order chi connectivity index (χ0) is 25.1. The molecule has 7 atom stereocenters. The van der Waals surface area contributed by atoms with Crippen molar-refractivity contribution in [2.45, 2.75) is 111 Å². The molecule has 4 aliphatic rings. The Labute approximate surface area is 204 Å². The Balaban J connectivity index is 0.000000528. The summed E-state index contributed by atoms with van der Waals surface area (Å²) in [6, 6.07) is 0. The van der Waals surface area contributed by atoms with Crippen LogP contribution < -0.4 is 0 Å². The van der Waals surface area contributed by atoms with Gasteiger partial charge < -0.3 is 19.3 Å². The molecular formula is C29H52O4. The molecule has 0 aromatic rings. The van der Waals surface area contributed by atoms with Crippen LogP contribution in [0, 0.1) is 41.6 Å². The Morgan fingerprint density at radius 3 is 2.24 bits per heavy atom. The van der Waals surface area contributed by atoms with Gasteiger partial charge in [0.2, 0.25) is 0 Å². The lowest BCUT2D eigenvalue weighted by Crippen LogP contribution is -2.48. The number of rotatable bonds is 3. The highest BCUT2D eigenvalue weighted by Gasteiger charge is 2.55. The molecule has 4 aliphatic carbocycles. The predicted molar refractivity (Wildman–Crippen MR) is 138 cm³/mol. The second-order valence-corrected chi connectivity index (χ2v) is 9.98. The summed E-state index contributed by atoms with van der Waals surface area (Å²) < 4.78 is 15.9. The van der Waals surface area contributed by atoms with E-state index in [2.05, 4.69) is 44.9 Å². The van der Waals surface area contributed by atoms with Crippen molar-refractivity contribution in [3.8, 4) is 12.5 Å². The third-order valence-electron chi connectivity index (χ3n) is 8.20. The van der Waals surface area contributed by atoms with E-state index in [4.69, 9.17) is 9.47 Å². The average Bonchev–Trinajstić information content (AvgIpc) is 3.15. The fourth-order valence-electron chi connectivity index (χ4n) is 6.74. The zero-order valence-electron chi connectivity index (χ0n) is 22.8. The van der Waals surface area contributed by atoms with Gasteiger partial charge in [0.25, 0.3) is 0 Å². The zero-order valence-corrected chi connectivity index (χ0v) is 22.8. The second-order valence-electron chi connectivity index (χ2n) is 9.98. The molecule has 33 heavy (non-hydrogen) atoms. The summed E-state index contributed by atoms with van der Waals surface area (Å²) >= 11 is 0. The molecule has 0 aliphatic heterocycles. The molecule has 0 spiro atoms. The molecular weight excluding hydrogens is 412 g/mol. The lowest BCUT2D eigenvalue weighted by Gasteiger charge is -2.53. The van der Waals surface area contributed by atoms with Crippen LogP contribution >= 0.6 is 0 Å². The van der Waals surface area contributed by atoms with Crippen molar-refractivity contribution in [3.63, 3.8) is 0 Å². The number of aliphatic hydroxyl groups excluding tert-OH is 1. The maximum atomic E-state index is 10.5. The van der Waals surface area contributed by atoms with Gasteiger partial charge in [-0.25, -0.2) is 0 Å². The van der Waals surface area contributed by atoms with Gasteiger partial charge in [-0.1, -0.05) is 59.1 Å². The Morgan fingerprint density at radius 1 is 1.06 bits per heavy atom. The lowest BCUT2D eigenvalue weighted by atomic mass is 9.54. The number of allylic oxidation sites excluding steroid dienone is 2. The third kappa shape index (κ3) is 6.77. The van der Waals surface area contributed by atoms with Crippen LogP contribution in [0.15, 0.2) is 11.6 Å². The SMILES string of the molecule is C#COC.CC.CCC.CCOC1(OC)CCC2C3=CCC4(C)C(O)CCC4C3CCC2C1. The van der Waals surface area contributed by atoms with E-state index in [1.807, 2.05) is 27.1 Å². The second kappa shape index (κ2) is 14.4. The molecule has 4 heteroatoms. The number of fused-ring (bicyclic) bond motifs is 5. The maximum Gasteiger partial charge on any atom is 0.168 e. The fraction of sp³-hybridized carbons (Fsp3) is 0.862. The Hall–Kier alpha value is -1.02. The molecule has 0 heterocycles. The van der Waals surface area contributed by atoms with Crippen LogP contribution in [0.3, 0.4) is 0 Å². The van der Waals surface area contributed by atoms with Gasteiger partial charge in [0, 0.05) is 32.0 Å². The molecule has 0 aromatic heterocycles. The minimum atomic E-state index is -0.337. The monoisotopic (exact) mass is 464 g/mol. The van der Waals surface area contributed by atoms with Gasteiger partial charge in [0.15, 0.2) is 5.79 Å². The summed E-state index contributed by atoms with van der Waals surface area (Å²) in [7, 11) is 3.26. The molecule has 7 unspecified atom stereocenters. The highest BCUT2D eigenvalue weighted by molar-refractivity contribution is 5.25. The number of terminal acetylenes is 1. The van der Waals surface area contributed by atoms with Crippen molar-refractivity contribution in [1.29, 1.82) is 0 Å². The Morgan fingerprint density at radius 2 is 1.70 bits per heavy atom. The number of hydrogen-bond donors (Lipinski definition) is 1. The molecule has 4 nitrogen and oxygen atoms in total. The molecule has 1 N–H and O–H groups in total. The molecule has 192 valence electrons. The van der Waals surface area contributed by atoms with E-state index in [1.54, 1.807) is 5.57 Å². The third-order valence-corrected chi connectivity index (χ3v) is 8.20. The van der Waals surface area contributed by atoms with E-state index < -0.39 is 0 Å². The first kappa shape index (κ1) is 30.0. The van der Waals surface area contributed by atoms with E-state index in [9.17, 15) is 5.11 Å². The van der Waals surface area contributed by atoms with Crippen molar-refractivity contribution in [3.05, 3.63) is 11.6 Å². The van der Waals surface area contributed by atoms with Crippen molar-refractivity contribution in [2.24, 2.45) is 29.1 Å². The van der Waals surface area contributed by atoms with Crippen molar-refractivity contribution in [2.75, 3.05) is 20.8 Å². The van der Waals surface area contributed by atoms with E-state index in [0.29, 0.717) is 11.8 Å². The van der Waals surface area contributed by atoms with Crippen molar-refractivity contribution in [1.82, 2.24) is 0 Å². The predicted octanol–water partition coefficient (Wildman–Crippen LogP) is 6.97. The number of aliphatic hydroxyl groups is 1. The molecule has 3 saturated carbocycles. The van der Waals surface area contributed by atoms with Gasteiger partial charge >= 0.3 is 0 Å². The van der Waals surface area contributed by atoms with Crippen LogP contribution in [0.5, 0.6) is 0 Å². The molecule has 3 fully saturated rings. The van der Waals surface area contributed by atoms with Gasteiger partial charge in [-0.05, 0) is 69.1 Å². The average molecular weight is 465 g/mol. The first-order valence-corrected chi connectivity index (χ1v) is 13.4. The van der Waals surface area contributed by atoms with Crippen LogP contribution in [0.25, 0.3) is 0 Å². The van der Waals surface area contributed by atoms with Crippen LogP contribution in [-0.4, -0.2) is 37.8 Å². The minimum Gasteiger partial charge on any atom is -0.450 e. The molecule has 4 rings (SSSR count). The largest absolute Gasteiger partial charge is 0.450 e. The smallest absolute Gasteiger partial charge is 0.168 e. The highest BCUT2D eigenvalue weighted by Crippen LogP contribution is 2.61. The van der Waals surface area contributed by atoms with E-state index in [0.717, 1.165) is 44.1 Å².